The molecule has 0 radical (unpaired) electrons. The molecule has 2 rings (SSSR count). The molecule has 1 aromatic heterocycles. The molecule has 5 nitrogen and oxygen atoms in total. The first-order chi connectivity index (χ1) is 9.09. The fourth-order valence-electron chi connectivity index (χ4n) is 1.72. The van der Waals surface area contributed by atoms with Crippen molar-refractivity contribution in [2.75, 3.05) is 0 Å². The quantitative estimate of drug-likeness (QED) is 0.851. The number of hydrogen-bond donors (Lipinski definition) is 1. The Morgan fingerprint density at radius 2 is 2.16 bits per heavy atom. The second kappa shape index (κ2) is 5.88. The highest BCUT2D eigenvalue weighted by atomic mass is 32.2. The van der Waals surface area contributed by atoms with E-state index in [0.717, 1.165) is 10.7 Å². The van der Waals surface area contributed by atoms with Gasteiger partial charge in [-0.15, -0.1) is 11.8 Å². The summed E-state index contributed by atoms with van der Waals surface area (Å²) in [5.74, 6) is 0.538. The summed E-state index contributed by atoms with van der Waals surface area (Å²) < 4.78 is 1.84. The molecule has 0 amide bonds. The van der Waals surface area contributed by atoms with Crippen LogP contribution in [0.3, 0.4) is 0 Å². The minimum atomic E-state index is -0.909. The Morgan fingerprint density at radius 1 is 1.42 bits per heavy atom. The van der Waals surface area contributed by atoms with E-state index in [4.69, 9.17) is 5.11 Å². The Kier molecular flexibility index (Phi) is 4.21. The summed E-state index contributed by atoms with van der Waals surface area (Å²) in [5, 5.41) is 13.3. The molecule has 0 atom stereocenters. The molecule has 2 aromatic rings. The van der Waals surface area contributed by atoms with E-state index in [1.807, 2.05) is 30.7 Å². The van der Waals surface area contributed by atoms with E-state index in [9.17, 15) is 4.79 Å². The highest BCUT2D eigenvalue weighted by molar-refractivity contribution is 7.98. The zero-order valence-corrected chi connectivity index (χ0v) is 11.6. The molecule has 0 saturated heterocycles. The first-order valence-corrected chi connectivity index (χ1v) is 6.91. The number of hydrogen-bond acceptors (Lipinski definition) is 4. The molecule has 0 unspecified atom stereocenters. The van der Waals surface area contributed by atoms with Gasteiger partial charge in [0.25, 0.3) is 0 Å². The average molecular weight is 277 g/mol. The topological polar surface area (TPSA) is 68.0 Å². The van der Waals surface area contributed by atoms with E-state index in [1.165, 1.54) is 18.1 Å². The lowest BCUT2D eigenvalue weighted by Crippen LogP contribution is -2.07. The number of aromatic nitrogens is 3. The lowest BCUT2D eigenvalue weighted by Gasteiger charge is -2.09. The minimum absolute atomic E-state index is 0.243. The maximum absolute atomic E-state index is 11.1. The number of carboxylic acid groups (broad SMARTS) is 1. The summed E-state index contributed by atoms with van der Waals surface area (Å²) in [5.41, 5.74) is 0.322. The molecule has 0 aliphatic rings. The summed E-state index contributed by atoms with van der Waals surface area (Å²) in [6, 6.07) is 7.22. The van der Waals surface area contributed by atoms with Crippen LogP contribution in [0.2, 0.25) is 0 Å². The van der Waals surface area contributed by atoms with E-state index >= 15 is 0 Å². The van der Waals surface area contributed by atoms with Crippen LogP contribution in [-0.4, -0.2) is 25.8 Å². The van der Waals surface area contributed by atoms with Crippen LogP contribution in [0.15, 0.2) is 35.5 Å². The van der Waals surface area contributed by atoms with Gasteiger partial charge in [-0.2, -0.15) is 5.10 Å². The maximum Gasteiger partial charge on any atom is 0.336 e. The van der Waals surface area contributed by atoms with E-state index in [1.54, 1.807) is 12.1 Å². The normalized spacial score (nSPS) is 10.9. The highest BCUT2D eigenvalue weighted by Crippen LogP contribution is 2.26. The monoisotopic (exact) mass is 277 g/mol. The Balaban J connectivity index is 2.15. The largest absolute Gasteiger partial charge is 0.478 e. The molecular weight excluding hydrogens is 262 g/mol. The number of nitrogens with zero attached hydrogens (tertiary/aromatic N) is 3. The van der Waals surface area contributed by atoms with Crippen LogP contribution >= 0.6 is 11.8 Å². The minimum Gasteiger partial charge on any atom is -0.478 e. The number of thioether (sulfide) groups is 1. The molecule has 0 spiro atoms. The van der Waals surface area contributed by atoms with Crippen molar-refractivity contribution < 1.29 is 9.90 Å². The van der Waals surface area contributed by atoms with Crippen LogP contribution in [0.1, 0.15) is 36.1 Å². The summed E-state index contributed by atoms with van der Waals surface area (Å²) in [4.78, 5) is 16.1. The van der Waals surface area contributed by atoms with E-state index in [-0.39, 0.29) is 6.04 Å². The predicted molar refractivity (Wildman–Crippen MR) is 73.4 cm³/mol. The second-order valence-electron chi connectivity index (χ2n) is 4.30. The lowest BCUT2D eigenvalue weighted by atomic mass is 10.2. The summed E-state index contributed by atoms with van der Waals surface area (Å²) in [6.07, 6.45) is 1.53. The van der Waals surface area contributed by atoms with Gasteiger partial charge < -0.3 is 5.11 Å². The number of rotatable bonds is 5. The zero-order valence-electron chi connectivity index (χ0n) is 10.8. The SMILES string of the molecule is CC(C)n1ncnc1CSc1ccccc1C(=O)O. The lowest BCUT2D eigenvalue weighted by molar-refractivity contribution is 0.0693. The molecule has 0 aliphatic carbocycles. The smallest absolute Gasteiger partial charge is 0.336 e. The molecule has 0 aliphatic heterocycles. The molecule has 6 heteroatoms. The molecule has 0 fully saturated rings. The van der Waals surface area contributed by atoms with Gasteiger partial charge in [-0.1, -0.05) is 12.1 Å². The molecule has 0 bridgehead atoms. The number of carboxylic acids is 1. The standard InChI is InChI=1S/C13H15N3O2S/c1-9(2)16-12(14-8-15-16)7-19-11-6-4-3-5-10(11)13(17)18/h3-6,8-9H,7H2,1-2H3,(H,17,18). The van der Waals surface area contributed by atoms with Crippen LogP contribution < -0.4 is 0 Å². The Hall–Kier alpha value is -1.82. The number of carbonyl (C=O) groups is 1. The highest BCUT2D eigenvalue weighted by Gasteiger charge is 2.12. The fraction of sp³-hybridized carbons (Fsp3) is 0.308. The van der Waals surface area contributed by atoms with Gasteiger partial charge in [-0.05, 0) is 26.0 Å². The van der Waals surface area contributed by atoms with Crippen molar-refractivity contribution >= 4 is 17.7 Å². The molecule has 1 aromatic carbocycles. The third kappa shape index (κ3) is 3.14. The number of benzene rings is 1. The van der Waals surface area contributed by atoms with Crippen molar-refractivity contribution in [2.45, 2.75) is 30.5 Å². The molecule has 1 heterocycles. The Morgan fingerprint density at radius 3 is 2.84 bits per heavy atom. The van der Waals surface area contributed by atoms with Gasteiger partial charge in [0, 0.05) is 10.9 Å². The third-order valence-electron chi connectivity index (χ3n) is 2.61. The van der Waals surface area contributed by atoms with E-state index < -0.39 is 5.97 Å². The van der Waals surface area contributed by atoms with Crippen LogP contribution in [-0.2, 0) is 5.75 Å². The molecule has 100 valence electrons. The van der Waals surface area contributed by atoms with Gasteiger partial charge in [0.1, 0.15) is 12.2 Å². The van der Waals surface area contributed by atoms with Gasteiger partial charge >= 0.3 is 5.97 Å². The summed E-state index contributed by atoms with van der Waals surface area (Å²) in [7, 11) is 0. The third-order valence-corrected chi connectivity index (χ3v) is 3.68. The van der Waals surface area contributed by atoms with Crippen LogP contribution in [0.4, 0.5) is 0 Å². The molecule has 19 heavy (non-hydrogen) atoms. The number of aromatic carboxylic acids is 1. The Bertz CT molecular complexity index is 581. The summed E-state index contributed by atoms with van der Waals surface area (Å²) in [6.45, 7) is 4.07. The van der Waals surface area contributed by atoms with Crippen molar-refractivity contribution in [1.82, 2.24) is 14.8 Å². The van der Waals surface area contributed by atoms with E-state index in [0.29, 0.717) is 11.3 Å². The van der Waals surface area contributed by atoms with Gasteiger partial charge in [-0.25, -0.2) is 14.5 Å². The van der Waals surface area contributed by atoms with Crippen molar-refractivity contribution in [3.8, 4) is 0 Å². The fourth-order valence-corrected chi connectivity index (χ4v) is 2.70. The van der Waals surface area contributed by atoms with Gasteiger partial charge in [0.2, 0.25) is 0 Å². The molecule has 1 N–H and O–H groups in total. The van der Waals surface area contributed by atoms with Crippen molar-refractivity contribution in [1.29, 1.82) is 0 Å². The van der Waals surface area contributed by atoms with Crippen LogP contribution in [0.25, 0.3) is 0 Å². The first-order valence-electron chi connectivity index (χ1n) is 5.93. The average Bonchev–Trinajstić information content (AvgIpc) is 2.85. The van der Waals surface area contributed by atoms with Crippen molar-refractivity contribution in [3.05, 3.63) is 42.0 Å². The predicted octanol–water partition coefficient (Wildman–Crippen LogP) is 2.85. The molecular formula is C13H15N3O2S. The zero-order chi connectivity index (χ0) is 13.8. The van der Waals surface area contributed by atoms with Crippen molar-refractivity contribution in [2.24, 2.45) is 0 Å². The molecule has 0 saturated carbocycles. The second-order valence-corrected chi connectivity index (χ2v) is 5.32. The summed E-state index contributed by atoms with van der Waals surface area (Å²) >= 11 is 1.46. The van der Waals surface area contributed by atoms with Crippen LogP contribution in [0, 0.1) is 0 Å². The van der Waals surface area contributed by atoms with Gasteiger partial charge in [0.15, 0.2) is 0 Å². The van der Waals surface area contributed by atoms with Crippen LogP contribution in [0.5, 0.6) is 0 Å². The maximum atomic E-state index is 11.1. The Labute approximate surface area is 115 Å². The first kappa shape index (κ1) is 13.6. The van der Waals surface area contributed by atoms with Gasteiger partial charge in [0.05, 0.1) is 11.3 Å². The van der Waals surface area contributed by atoms with Gasteiger partial charge in [-0.3, -0.25) is 0 Å². The van der Waals surface area contributed by atoms with E-state index in [2.05, 4.69) is 10.1 Å². The van der Waals surface area contributed by atoms with Crippen molar-refractivity contribution in [3.63, 3.8) is 0 Å².